The zero-order valence-electron chi connectivity index (χ0n) is 12.5. The molecule has 1 aromatic heterocycles. The number of pyridine rings is 1. The molecule has 23 heavy (non-hydrogen) atoms. The Morgan fingerprint density at radius 1 is 1.09 bits per heavy atom. The van der Waals surface area contributed by atoms with Crippen LogP contribution in [0.1, 0.15) is 5.56 Å². The maximum Gasteiger partial charge on any atom is 0.319 e. The van der Waals surface area contributed by atoms with Crippen molar-refractivity contribution in [1.29, 1.82) is 0 Å². The highest BCUT2D eigenvalue weighted by Crippen LogP contribution is 2.21. The number of aromatic nitrogens is 1. The third kappa shape index (κ3) is 3.77. The topological polar surface area (TPSA) is 74.2 Å². The van der Waals surface area contributed by atoms with Gasteiger partial charge in [-0.2, -0.15) is 0 Å². The van der Waals surface area contributed by atoms with Gasteiger partial charge in [-0.25, -0.2) is 4.79 Å². The van der Waals surface area contributed by atoms with Crippen LogP contribution in [0.4, 0.5) is 10.5 Å². The molecule has 0 bridgehead atoms. The Morgan fingerprint density at radius 3 is 2.74 bits per heavy atom. The molecular formula is C18H17N3O2. The predicted octanol–water partition coefficient (Wildman–Crippen LogP) is 3.30. The largest absolute Gasteiger partial charge is 0.508 e. The maximum atomic E-state index is 12.0. The average Bonchev–Trinajstić information content (AvgIpc) is 2.57. The first-order valence-electron chi connectivity index (χ1n) is 7.38. The highest BCUT2D eigenvalue weighted by molar-refractivity contribution is 6.01. The summed E-state index contributed by atoms with van der Waals surface area (Å²) in [6.45, 7) is 0.517. The Morgan fingerprint density at radius 2 is 1.91 bits per heavy atom. The second-order valence-corrected chi connectivity index (χ2v) is 5.20. The van der Waals surface area contributed by atoms with Crippen molar-refractivity contribution in [3.8, 4) is 5.75 Å². The van der Waals surface area contributed by atoms with Gasteiger partial charge in [-0.3, -0.25) is 4.98 Å². The minimum atomic E-state index is -0.243. The van der Waals surface area contributed by atoms with Crippen molar-refractivity contribution in [2.75, 3.05) is 11.9 Å². The number of phenols is 1. The van der Waals surface area contributed by atoms with Gasteiger partial charge in [-0.15, -0.1) is 0 Å². The van der Waals surface area contributed by atoms with Crippen LogP contribution in [0.15, 0.2) is 60.9 Å². The van der Waals surface area contributed by atoms with E-state index in [1.807, 2.05) is 36.4 Å². The van der Waals surface area contributed by atoms with E-state index < -0.39 is 0 Å². The van der Waals surface area contributed by atoms with Crippen LogP contribution in [0.3, 0.4) is 0 Å². The van der Waals surface area contributed by atoms with E-state index in [9.17, 15) is 9.90 Å². The molecule has 3 aromatic rings. The lowest BCUT2D eigenvalue weighted by Gasteiger charge is -2.10. The van der Waals surface area contributed by atoms with E-state index >= 15 is 0 Å². The van der Waals surface area contributed by atoms with Crippen LogP contribution in [-0.2, 0) is 6.42 Å². The number of hydrogen-bond acceptors (Lipinski definition) is 3. The van der Waals surface area contributed by atoms with Crippen molar-refractivity contribution < 1.29 is 9.90 Å². The predicted molar refractivity (Wildman–Crippen MR) is 90.6 cm³/mol. The molecule has 2 aromatic carbocycles. The number of amides is 2. The summed E-state index contributed by atoms with van der Waals surface area (Å²) in [5.74, 6) is 0.241. The van der Waals surface area contributed by atoms with E-state index in [0.29, 0.717) is 13.0 Å². The Bertz CT molecular complexity index is 811. The molecule has 0 saturated heterocycles. The van der Waals surface area contributed by atoms with Crippen molar-refractivity contribution in [3.63, 3.8) is 0 Å². The van der Waals surface area contributed by atoms with Gasteiger partial charge in [-0.05, 0) is 36.2 Å². The fourth-order valence-corrected chi connectivity index (χ4v) is 2.38. The van der Waals surface area contributed by atoms with Gasteiger partial charge in [0.25, 0.3) is 0 Å². The van der Waals surface area contributed by atoms with Gasteiger partial charge in [0.15, 0.2) is 0 Å². The van der Waals surface area contributed by atoms with E-state index in [2.05, 4.69) is 15.6 Å². The van der Waals surface area contributed by atoms with E-state index in [1.165, 1.54) is 0 Å². The van der Waals surface area contributed by atoms with Crippen molar-refractivity contribution >= 4 is 22.5 Å². The number of rotatable bonds is 4. The summed E-state index contributed by atoms with van der Waals surface area (Å²) in [7, 11) is 0. The van der Waals surface area contributed by atoms with E-state index in [4.69, 9.17) is 0 Å². The van der Waals surface area contributed by atoms with Crippen molar-refractivity contribution in [2.45, 2.75) is 6.42 Å². The molecule has 0 unspecified atom stereocenters. The number of nitrogens with one attached hydrogen (secondary N) is 2. The Balaban J connectivity index is 1.57. The number of phenolic OH excluding ortho intramolecular Hbond substituents is 1. The van der Waals surface area contributed by atoms with Crippen LogP contribution >= 0.6 is 0 Å². The van der Waals surface area contributed by atoms with Crippen molar-refractivity contribution in [2.24, 2.45) is 0 Å². The molecule has 116 valence electrons. The van der Waals surface area contributed by atoms with Gasteiger partial charge in [0, 0.05) is 29.7 Å². The molecule has 0 aliphatic carbocycles. The highest BCUT2D eigenvalue weighted by atomic mass is 16.3. The zero-order chi connectivity index (χ0) is 16.1. The van der Waals surface area contributed by atoms with Gasteiger partial charge >= 0.3 is 6.03 Å². The average molecular weight is 307 g/mol. The Kier molecular flexibility index (Phi) is 4.38. The maximum absolute atomic E-state index is 12.0. The molecule has 0 fully saturated rings. The number of hydrogen-bond donors (Lipinski definition) is 3. The molecule has 2 amide bonds. The lowest BCUT2D eigenvalue weighted by molar-refractivity contribution is 0.252. The van der Waals surface area contributed by atoms with E-state index in [1.54, 1.807) is 24.5 Å². The first kappa shape index (κ1) is 14.8. The quantitative estimate of drug-likeness (QED) is 0.692. The summed E-state index contributed by atoms with van der Waals surface area (Å²) in [6.07, 6.45) is 4.17. The third-order valence-electron chi connectivity index (χ3n) is 3.56. The first-order valence-corrected chi connectivity index (χ1v) is 7.38. The van der Waals surface area contributed by atoms with Crippen LogP contribution < -0.4 is 10.6 Å². The highest BCUT2D eigenvalue weighted by Gasteiger charge is 2.05. The molecule has 0 aliphatic rings. The summed E-state index contributed by atoms with van der Waals surface area (Å²) >= 11 is 0. The number of carbonyl (C=O) groups excluding carboxylic acids is 1. The number of benzene rings is 2. The zero-order valence-corrected chi connectivity index (χ0v) is 12.5. The summed E-state index contributed by atoms with van der Waals surface area (Å²) in [6, 6.07) is 14.3. The van der Waals surface area contributed by atoms with Crippen LogP contribution in [0.5, 0.6) is 5.75 Å². The molecule has 0 saturated carbocycles. The van der Waals surface area contributed by atoms with E-state index in [0.717, 1.165) is 22.0 Å². The minimum absolute atomic E-state index is 0.241. The van der Waals surface area contributed by atoms with Crippen LogP contribution in [0.25, 0.3) is 10.8 Å². The number of anilines is 1. The lowest BCUT2D eigenvalue weighted by Crippen LogP contribution is -2.30. The fraction of sp³-hybridized carbons (Fsp3) is 0.111. The Labute approximate surface area is 134 Å². The number of aromatic hydroxyl groups is 1. The normalized spacial score (nSPS) is 10.4. The van der Waals surface area contributed by atoms with Gasteiger partial charge < -0.3 is 15.7 Å². The minimum Gasteiger partial charge on any atom is -0.508 e. The molecule has 5 heteroatoms. The molecule has 0 aliphatic heterocycles. The summed E-state index contributed by atoms with van der Waals surface area (Å²) in [5.41, 5.74) is 1.81. The summed E-state index contributed by atoms with van der Waals surface area (Å²) in [4.78, 5) is 16.1. The summed E-state index contributed by atoms with van der Waals surface area (Å²) < 4.78 is 0. The molecule has 3 N–H and O–H groups in total. The van der Waals surface area contributed by atoms with Gasteiger partial charge in [-0.1, -0.05) is 24.3 Å². The molecule has 0 spiro atoms. The monoisotopic (exact) mass is 307 g/mol. The molecule has 3 rings (SSSR count). The van der Waals surface area contributed by atoms with Gasteiger partial charge in [0.2, 0.25) is 0 Å². The molecule has 1 heterocycles. The van der Waals surface area contributed by atoms with Crippen LogP contribution in [0.2, 0.25) is 0 Å². The number of nitrogens with zero attached hydrogens (tertiary/aromatic N) is 1. The van der Waals surface area contributed by atoms with Crippen LogP contribution in [-0.4, -0.2) is 22.7 Å². The number of carbonyl (C=O) groups is 1. The number of urea groups is 1. The lowest BCUT2D eigenvalue weighted by atomic mass is 10.1. The fourth-order valence-electron chi connectivity index (χ4n) is 2.38. The molecule has 5 nitrogen and oxygen atoms in total. The molecule has 0 atom stereocenters. The standard InChI is InChI=1S/C18H17N3O2/c22-15-6-4-13(5-7-15)8-11-20-18(23)21-17-3-1-2-14-12-19-10-9-16(14)17/h1-7,9-10,12,22H,8,11H2,(H2,20,21,23). The first-order chi connectivity index (χ1) is 11.2. The Hall–Kier alpha value is -3.08. The molecular weight excluding hydrogens is 290 g/mol. The molecule has 0 radical (unpaired) electrons. The smallest absolute Gasteiger partial charge is 0.319 e. The second-order valence-electron chi connectivity index (χ2n) is 5.20. The van der Waals surface area contributed by atoms with Crippen molar-refractivity contribution in [3.05, 3.63) is 66.5 Å². The second kappa shape index (κ2) is 6.79. The number of fused-ring (bicyclic) bond motifs is 1. The SMILES string of the molecule is O=C(NCCc1ccc(O)cc1)Nc1cccc2cnccc12. The summed E-state index contributed by atoms with van der Waals surface area (Å²) in [5, 5.41) is 16.9. The van der Waals surface area contributed by atoms with Gasteiger partial charge in [0.05, 0.1) is 5.69 Å². The van der Waals surface area contributed by atoms with E-state index in [-0.39, 0.29) is 11.8 Å². The van der Waals surface area contributed by atoms with Crippen molar-refractivity contribution in [1.82, 2.24) is 10.3 Å². The third-order valence-corrected chi connectivity index (χ3v) is 3.56. The van der Waals surface area contributed by atoms with Gasteiger partial charge in [0.1, 0.15) is 5.75 Å². The van der Waals surface area contributed by atoms with Crippen LogP contribution in [0, 0.1) is 0 Å².